The number of aromatic amines is 1. The van der Waals surface area contributed by atoms with Gasteiger partial charge in [0.25, 0.3) is 5.56 Å². The molecule has 1 aromatic carbocycles. The van der Waals surface area contributed by atoms with Gasteiger partial charge in [-0.25, -0.2) is 0 Å². The molecular formula is C15H20Cl2N2O2. The fourth-order valence-corrected chi connectivity index (χ4v) is 2.60. The molecule has 4 nitrogen and oxygen atoms in total. The van der Waals surface area contributed by atoms with Gasteiger partial charge in [0.2, 0.25) is 0 Å². The molecule has 116 valence electrons. The number of ether oxygens (including phenoxy) is 1. The fourth-order valence-electron chi connectivity index (χ4n) is 2.60. The maximum Gasteiger partial charge on any atom is 0.253 e. The molecule has 2 N–H and O–H groups in total. The van der Waals surface area contributed by atoms with Crippen molar-refractivity contribution in [3.05, 3.63) is 34.1 Å². The van der Waals surface area contributed by atoms with Gasteiger partial charge in [-0.1, -0.05) is 13.0 Å². The van der Waals surface area contributed by atoms with Crippen molar-refractivity contribution < 1.29 is 4.74 Å². The van der Waals surface area contributed by atoms with E-state index >= 15 is 0 Å². The second kappa shape index (κ2) is 7.57. The summed E-state index contributed by atoms with van der Waals surface area (Å²) in [4.78, 5) is 15.0. The van der Waals surface area contributed by atoms with E-state index in [9.17, 15) is 4.79 Å². The molecule has 0 amide bonds. The van der Waals surface area contributed by atoms with E-state index in [0.29, 0.717) is 6.61 Å². The monoisotopic (exact) mass is 330 g/mol. The maximum atomic E-state index is 12.1. The van der Waals surface area contributed by atoms with Crippen molar-refractivity contribution >= 4 is 41.4 Å². The van der Waals surface area contributed by atoms with Crippen LogP contribution in [0.25, 0.3) is 10.9 Å². The molecule has 1 aromatic heterocycles. The summed E-state index contributed by atoms with van der Waals surface area (Å²) in [6.45, 7) is 3.68. The molecule has 3 rings (SSSR count). The van der Waals surface area contributed by atoms with Crippen LogP contribution in [0.3, 0.4) is 0 Å². The summed E-state index contributed by atoms with van der Waals surface area (Å²) in [5.41, 5.74) is 2.66. The number of anilines is 1. The molecule has 1 aliphatic rings. The summed E-state index contributed by atoms with van der Waals surface area (Å²) in [5.74, 6) is 0.848. The Hall–Kier alpha value is -1.39. The first-order valence-electron chi connectivity index (χ1n) is 6.86. The largest absolute Gasteiger partial charge is 0.493 e. The Bertz CT molecular complexity index is 671. The highest BCUT2D eigenvalue weighted by molar-refractivity contribution is 5.98. The van der Waals surface area contributed by atoms with E-state index in [1.165, 1.54) is 0 Å². The zero-order valence-electron chi connectivity index (χ0n) is 11.9. The Morgan fingerprint density at radius 2 is 2.10 bits per heavy atom. The fraction of sp³-hybridized carbons (Fsp3) is 0.400. The molecule has 0 saturated carbocycles. The number of halogens is 2. The van der Waals surface area contributed by atoms with Crippen LogP contribution in [0.15, 0.2) is 23.0 Å². The summed E-state index contributed by atoms with van der Waals surface area (Å²) in [7, 11) is 0. The number of fused-ring (bicyclic) bond motifs is 3. The summed E-state index contributed by atoms with van der Waals surface area (Å²) in [6.07, 6.45) is 2.80. The van der Waals surface area contributed by atoms with Gasteiger partial charge in [0.05, 0.1) is 23.2 Å². The van der Waals surface area contributed by atoms with E-state index in [1.54, 1.807) is 0 Å². The lowest BCUT2D eigenvalue weighted by molar-refractivity contribution is 0.321. The number of hydrogen-bond donors (Lipinski definition) is 2. The third-order valence-electron chi connectivity index (χ3n) is 3.47. The summed E-state index contributed by atoms with van der Waals surface area (Å²) in [5, 5.41) is 4.37. The van der Waals surface area contributed by atoms with Gasteiger partial charge in [-0.15, -0.1) is 24.8 Å². The SMILES string of the molecule is CCCOc1cccc2[nH]c(=O)c3c(c12)NCCC3.Cl.Cl. The van der Waals surface area contributed by atoms with Gasteiger partial charge < -0.3 is 15.0 Å². The van der Waals surface area contributed by atoms with Gasteiger partial charge in [-0.3, -0.25) is 4.79 Å². The lowest BCUT2D eigenvalue weighted by atomic mass is 10.0. The van der Waals surface area contributed by atoms with Crippen LogP contribution in [-0.4, -0.2) is 18.1 Å². The minimum atomic E-state index is 0. The Labute approximate surface area is 136 Å². The van der Waals surface area contributed by atoms with E-state index in [1.807, 2.05) is 18.2 Å². The smallest absolute Gasteiger partial charge is 0.253 e. The highest BCUT2D eigenvalue weighted by Crippen LogP contribution is 2.34. The highest BCUT2D eigenvalue weighted by Gasteiger charge is 2.18. The lowest BCUT2D eigenvalue weighted by Gasteiger charge is -2.20. The van der Waals surface area contributed by atoms with Crippen molar-refractivity contribution in [2.45, 2.75) is 26.2 Å². The first-order chi connectivity index (χ1) is 9.31. The first kappa shape index (κ1) is 17.7. The van der Waals surface area contributed by atoms with Gasteiger partial charge in [0.15, 0.2) is 0 Å². The van der Waals surface area contributed by atoms with Crippen LogP contribution in [0, 0.1) is 0 Å². The predicted octanol–water partition coefficient (Wildman–Crippen LogP) is 3.52. The molecule has 1 aliphatic heterocycles. The van der Waals surface area contributed by atoms with Crippen molar-refractivity contribution in [2.75, 3.05) is 18.5 Å². The molecule has 0 spiro atoms. The minimum absolute atomic E-state index is 0. The van der Waals surface area contributed by atoms with Gasteiger partial charge in [-0.05, 0) is 31.4 Å². The van der Waals surface area contributed by atoms with E-state index in [0.717, 1.165) is 53.7 Å². The first-order valence-corrected chi connectivity index (χ1v) is 6.86. The summed E-state index contributed by atoms with van der Waals surface area (Å²) in [6, 6.07) is 5.80. The number of rotatable bonds is 3. The number of nitrogens with one attached hydrogen (secondary N) is 2. The molecule has 0 aliphatic carbocycles. The molecule has 6 heteroatoms. The molecule has 0 saturated heterocycles. The Balaban J connectivity index is 0.00000110. The van der Waals surface area contributed by atoms with Crippen molar-refractivity contribution in [1.82, 2.24) is 4.98 Å². The molecule has 0 atom stereocenters. The van der Waals surface area contributed by atoms with Crippen LogP contribution >= 0.6 is 24.8 Å². The topological polar surface area (TPSA) is 54.1 Å². The van der Waals surface area contributed by atoms with Crippen LogP contribution in [-0.2, 0) is 6.42 Å². The molecule has 2 heterocycles. The standard InChI is InChI=1S/C15H18N2O2.2ClH/c1-2-9-19-12-7-3-6-11-13(12)14-10(15(18)17-11)5-4-8-16-14;;/h3,6-7,16H,2,4-5,8-9H2,1H3,(H,17,18);2*1H. The van der Waals surface area contributed by atoms with Crippen LogP contribution in [0.1, 0.15) is 25.3 Å². The summed E-state index contributed by atoms with van der Waals surface area (Å²) >= 11 is 0. The molecule has 2 aromatic rings. The molecule has 21 heavy (non-hydrogen) atoms. The van der Waals surface area contributed by atoms with Crippen LogP contribution in [0.4, 0.5) is 5.69 Å². The van der Waals surface area contributed by atoms with Gasteiger partial charge in [0.1, 0.15) is 5.75 Å². The second-order valence-electron chi connectivity index (χ2n) is 4.87. The molecule has 0 bridgehead atoms. The van der Waals surface area contributed by atoms with Gasteiger partial charge in [-0.2, -0.15) is 0 Å². The third kappa shape index (κ3) is 3.27. The van der Waals surface area contributed by atoms with E-state index in [-0.39, 0.29) is 30.4 Å². The molecule has 0 fully saturated rings. The number of H-pyrrole nitrogens is 1. The summed E-state index contributed by atoms with van der Waals surface area (Å²) < 4.78 is 5.81. The Morgan fingerprint density at radius 3 is 2.86 bits per heavy atom. The molecule has 0 unspecified atom stereocenters. The minimum Gasteiger partial charge on any atom is -0.493 e. The number of aromatic nitrogens is 1. The average Bonchev–Trinajstić information content (AvgIpc) is 2.45. The Kier molecular flexibility index (Phi) is 6.37. The van der Waals surface area contributed by atoms with Crippen molar-refractivity contribution in [3.8, 4) is 5.75 Å². The van der Waals surface area contributed by atoms with Crippen molar-refractivity contribution in [2.24, 2.45) is 0 Å². The van der Waals surface area contributed by atoms with Gasteiger partial charge >= 0.3 is 0 Å². The quantitative estimate of drug-likeness (QED) is 0.905. The number of pyridine rings is 1. The third-order valence-corrected chi connectivity index (χ3v) is 3.47. The van der Waals surface area contributed by atoms with Gasteiger partial charge in [0, 0.05) is 12.1 Å². The van der Waals surface area contributed by atoms with E-state index in [4.69, 9.17) is 4.74 Å². The van der Waals surface area contributed by atoms with E-state index < -0.39 is 0 Å². The zero-order chi connectivity index (χ0) is 13.2. The van der Waals surface area contributed by atoms with E-state index in [2.05, 4.69) is 17.2 Å². The normalized spacial score (nSPS) is 12.6. The predicted molar refractivity (Wildman–Crippen MR) is 91.7 cm³/mol. The highest BCUT2D eigenvalue weighted by atomic mass is 35.5. The van der Waals surface area contributed by atoms with Crippen molar-refractivity contribution in [3.63, 3.8) is 0 Å². The van der Waals surface area contributed by atoms with Crippen molar-refractivity contribution in [1.29, 1.82) is 0 Å². The van der Waals surface area contributed by atoms with Crippen LogP contribution in [0.5, 0.6) is 5.75 Å². The Morgan fingerprint density at radius 1 is 1.29 bits per heavy atom. The van der Waals surface area contributed by atoms with Crippen LogP contribution in [0.2, 0.25) is 0 Å². The van der Waals surface area contributed by atoms with Crippen LogP contribution < -0.4 is 15.6 Å². The molecular weight excluding hydrogens is 311 g/mol. The second-order valence-corrected chi connectivity index (χ2v) is 4.87. The maximum absolute atomic E-state index is 12.1. The number of benzene rings is 1. The average molecular weight is 331 g/mol. The zero-order valence-corrected chi connectivity index (χ0v) is 13.5. The molecule has 0 radical (unpaired) electrons. The lowest BCUT2D eigenvalue weighted by Crippen LogP contribution is -2.22. The number of hydrogen-bond acceptors (Lipinski definition) is 3.